The molecule has 1 unspecified atom stereocenters. The molecular weight excluding hydrogens is 367 g/mol. The minimum absolute atomic E-state index is 0.0680. The van der Waals surface area contributed by atoms with Gasteiger partial charge < -0.3 is 10.2 Å². The molecule has 4 nitrogen and oxygen atoms in total. The number of hydrogen-bond acceptors (Lipinski definition) is 2. The van der Waals surface area contributed by atoms with E-state index in [9.17, 15) is 14.0 Å². The van der Waals surface area contributed by atoms with Gasteiger partial charge in [-0.05, 0) is 36.2 Å². The highest BCUT2D eigenvalue weighted by molar-refractivity contribution is 5.97. The second-order valence-electron chi connectivity index (χ2n) is 7.28. The smallest absolute Gasteiger partial charge is 0.244 e. The van der Waals surface area contributed by atoms with Gasteiger partial charge in [0.2, 0.25) is 11.8 Å². The molecule has 0 saturated heterocycles. The van der Waals surface area contributed by atoms with Crippen LogP contribution in [0.1, 0.15) is 28.3 Å². The van der Waals surface area contributed by atoms with E-state index >= 15 is 0 Å². The lowest BCUT2D eigenvalue weighted by Gasteiger charge is -2.31. The van der Waals surface area contributed by atoms with Crippen LogP contribution in [-0.2, 0) is 16.0 Å². The molecule has 3 aromatic rings. The maximum absolute atomic E-state index is 13.6. The Bertz CT molecular complexity index is 1050. The molecule has 0 radical (unpaired) electrons. The van der Waals surface area contributed by atoms with Crippen LogP contribution in [0.5, 0.6) is 0 Å². The first kappa shape index (κ1) is 18.9. The largest absolute Gasteiger partial charge is 0.324 e. The molecule has 0 fully saturated rings. The Morgan fingerprint density at radius 1 is 1.07 bits per heavy atom. The Morgan fingerprint density at radius 3 is 2.52 bits per heavy atom. The maximum Gasteiger partial charge on any atom is 0.244 e. The third-order valence-electron chi connectivity index (χ3n) is 5.11. The molecule has 1 heterocycles. The number of nitrogens with one attached hydrogen (secondary N) is 1. The lowest BCUT2D eigenvalue weighted by atomic mass is 9.94. The van der Waals surface area contributed by atoms with Gasteiger partial charge >= 0.3 is 0 Å². The zero-order valence-electron chi connectivity index (χ0n) is 16.1. The Balaban J connectivity index is 1.81. The van der Waals surface area contributed by atoms with E-state index in [-0.39, 0.29) is 30.6 Å². The lowest BCUT2D eigenvalue weighted by molar-refractivity contribution is -0.135. The maximum atomic E-state index is 13.6. The van der Waals surface area contributed by atoms with Crippen LogP contribution in [0, 0.1) is 12.7 Å². The van der Waals surface area contributed by atoms with Gasteiger partial charge in [0.15, 0.2) is 0 Å². The molecule has 0 aliphatic carbocycles. The molecule has 1 atom stereocenters. The van der Waals surface area contributed by atoms with Crippen LogP contribution < -0.4 is 5.32 Å². The fourth-order valence-electron chi connectivity index (χ4n) is 3.73. The minimum Gasteiger partial charge on any atom is -0.324 e. The zero-order valence-corrected chi connectivity index (χ0v) is 16.1. The first-order valence-corrected chi connectivity index (χ1v) is 9.50. The molecule has 0 bridgehead atoms. The summed E-state index contributed by atoms with van der Waals surface area (Å²) in [6, 6.07) is 20.8. The molecule has 0 saturated carbocycles. The van der Waals surface area contributed by atoms with Crippen LogP contribution in [0.3, 0.4) is 0 Å². The Hall–Kier alpha value is -3.47. The molecule has 29 heavy (non-hydrogen) atoms. The molecule has 5 heteroatoms. The van der Waals surface area contributed by atoms with Crippen molar-refractivity contribution in [3.8, 4) is 0 Å². The summed E-state index contributed by atoms with van der Waals surface area (Å²) < 4.78 is 13.6. The third kappa shape index (κ3) is 4.04. The summed E-state index contributed by atoms with van der Waals surface area (Å²) in [6.07, 6.45) is 0.187. The van der Waals surface area contributed by atoms with Crippen LogP contribution in [0.25, 0.3) is 0 Å². The van der Waals surface area contributed by atoms with E-state index < -0.39 is 6.04 Å². The van der Waals surface area contributed by atoms with Crippen LogP contribution >= 0.6 is 0 Å². The predicted molar refractivity (Wildman–Crippen MR) is 110 cm³/mol. The van der Waals surface area contributed by atoms with Crippen molar-refractivity contribution in [1.29, 1.82) is 0 Å². The zero-order chi connectivity index (χ0) is 20.4. The van der Waals surface area contributed by atoms with Crippen molar-refractivity contribution in [3.05, 3.63) is 101 Å². The van der Waals surface area contributed by atoms with E-state index in [1.54, 1.807) is 17.0 Å². The highest BCUT2D eigenvalue weighted by Gasteiger charge is 2.33. The number of carbonyl (C=O) groups excluding carboxylic acids is 2. The Kier molecular flexibility index (Phi) is 5.12. The molecule has 4 rings (SSSR count). The van der Waals surface area contributed by atoms with Gasteiger partial charge in [0.1, 0.15) is 12.4 Å². The quantitative estimate of drug-likeness (QED) is 0.729. The highest BCUT2D eigenvalue weighted by Crippen LogP contribution is 2.36. The number of rotatable bonds is 3. The summed E-state index contributed by atoms with van der Waals surface area (Å²) in [5.41, 5.74) is 4.15. The summed E-state index contributed by atoms with van der Waals surface area (Å²) in [5.74, 6) is -0.751. The molecule has 2 amide bonds. The van der Waals surface area contributed by atoms with E-state index in [2.05, 4.69) is 5.32 Å². The van der Waals surface area contributed by atoms with Crippen molar-refractivity contribution in [3.63, 3.8) is 0 Å². The van der Waals surface area contributed by atoms with Crippen LogP contribution in [-0.4, -0.2) is 23.3 Å². The van der Waals surface area contributed by atoms with Gasteiger partial charge in [-0.25, -0.2) is 4.39 Å². The Morgan fingerprint density at radius 2 is 1.79 bits per heavy atom. The number of aryl methyl sites for hydroxylation is 1. The van der Waals surface area contributed by atoms with Crippen molar-refractivity contribution in [2.45, 2.75) is 19.4 Å². The first-order chi connectivity index (χ1) is 14.0. The molecule has 1 N–H and O–H groups in total. The van der Waals surface area contributed by atoms with Gasteiger partial charge in [0.25, 0.3) is 0 Å². The average Bonchev–Trinajstić information content (AvgIpc) is 2.85. The van der Waals surface area contributed by atoms with Crippen molar-refractivity contribution in [2.24, 2.45) is 0 Å². The van der Waals surface area contributed by atoms with Crippen molar-refractivity contribution in [2.75, 3.05) is 11.9 Å². The fraction of sp³-hybridized carbons (Fsp3) is 0.167. The molecule has 0 spiro atoms. The Labute approximate surface area is 169 Å². The summed E-state index contributed by atoms with van der Waals surface area (Å²) >= 11 is 0. The summed E-state index contributed by atoms with van der Waals surface area (Å²) in [5, 5.41) is 2.90. The van der Waals surface area contributed by atoms with Crippen LogP contribution in [0.2, 0.25) is 0 Å². The molecule has 1 aliphatic rings. The van der Waals surface area contributed by atoms with Gasteiger partial charge in [-0.1, -0.05) is 60.2 Å². The fourth-order valence-corrected chi connectivity index (χ4v) is 3.73. The standard InChI is InChI=1S/C24H21FN2O2/c1-16-7-12-21-20(13-16)24(18-8-10-19(25)11-9-18)27(15-22(28)26-21)23(29)14-17-5-3-2-4-6-17/h2-13,24H,14-15H2,1H3,(H,26,28). The molecular formula is C24H21FN2O2. The number of anilines is 1. The van der Waals surface area contributed by atoms with Gasteiger partial charge in [-0.15, -0.1) is 0 Å². The van der Waals surface area contributed by atoms with Gasteiger partial charge in [0.05, 0.1) is 12.5 Å². The third-order valence-corrected chi connectivity index (χ3v) is 5.11. The van der Waals surface area contributed by atoms with Gasteiger partial charge in [-0.2, -0.15) is 0 Å². The van der Waals surface area contributed by atoms with E-state index in [4.69, 9.17) is 0 Å². The predicted octanol–water partition coefficient (Wildman–Crippen LogP) is 4.25. The molecule has 1 aliphatic heterocycles. The second-order valence-corrected chi connectivity index (χ2v) is 7.28. The number of carbonyl (C=O) groups is 2. The number of amides is 2. The number of nitrogens with zero attached hydrogens (tertiary/aromatic N) is 1. The normalized spacial score (nSPS) is 16.0. The summed E-state index contributed by atoms with van der Waals surface area (Å²) in [4.78, 5) is 27.4. The summed E-state index contributed by atoms with van der Waals surface area (Å²) in [7, 11) is 0. The minimum atomic E-state index is -0.485. The molecule has 146 valence electrons. The van der Waals surface area contributed by atoms with E-state index in [1.807, 2.05) is 55.5 Å². The molecule has 3 aromatic carbocycles. The van der Waals surface area contributed by atoms with E-state index in [1.165, 1.54) is 12.1 Å². The number of halogens is 1. The van der Waals surface area contributed by atoms with Crippen molar-refractivity contribution in [1.82, 2.24) is 4.90 Å². The molecule has 0 aromatic heterocycles. The SMILES string of the molecule is Cc1ccc2c(c1)C(c1ccc(F)cc1)N(C(=O)Cc1ccccc1)CC(=O)N2. The summed E-state index contributed by atoms with van der Waals surface area (Å²) in [6.45, 7) is 1.90. The van der Waals surface area contributed by atoms with Gasteiger partial charge in [-0.3, -0.25) is 9.59 Å². The van der Waals surface area contributed by atoms with Crippen LogP contribution in [0.15, 0.2) is 72.8 Å². The van der Waals surface area contributed by atoms with Crippen molar-refractivity contribution >= 4 is 17.5 Å². The topological polar surface area (TPSA) is 49.4 Å². The van der Waals surface area contributed by atoms with Crippen LogP contribution in [0.4, 0.5) is 10.1 Å². The number of benzene rings is 3. The first-order valence-electron chi connectivity index (χ1n) is 9.50. The average molecular weight is 388 g/mol. The number of fused-ring (bicyclic) bond motifs is 1. The van der Waals surface area contributed by atoms with E-state index in [0.717, 1.165) is 22.3 Å². The van der Waals surface area contributed by atoms with Gasteiger partial charge in [0, 0.05) is 11.3 Å². The van der Waals surface area contributed by atoms with Crippen molar-refractivity contribution < 1.29 is 14.0 Å². The number of hydrogen-bond donors (Lipinski definition) is 1. The van der Waals surface area contributed by atoms with E-state index in [0.29, 0.717) is 5.69 Å². The second kappa shape index (κ2) is 7.87. The monoisotopic (exact) mass is 388 g/mol. The lowest BCUT2D eigenvalue weighted by Crippen LogP contribution is -2.39. The highest BCUT2D eigenvalue weighted by atomic mass is 19.1.